The Kier molecular flexibility index (Phi) is 6.00. The van der Waals surface area contributed by atoms with Crippen molar-refractivity contribution >= 4 is 21.8 Å². The standard InChI is InChI=1S/C12H16BrNO3/c1-9(2)7-17-14-12(15)8-16-11-5-3-10(13)4-6-11/h3-6,9H,7-8H2,1-2H3,(H,14,15). The number of nitrogens with one attached hydrogen (secondary N) is 1. The molecule has 4 nitrogen and oxygen atoms in total. The molecule has 0 aliphatic heterocycles. The quantitative estimate of drug-likeness (QED) is 0.822. The van der Waals surface area contributed by atoms with Gasteiger partial charge in [-0.3, -0.25) is 9.63 Å². The van der Waals surface area contributed by atoms with Crippen molar-refractivity contribution < 1.29 is 14.4 Å². The fraction of sp³-hybridized carbons (Fsp3) is 0.417. The molecule has 0 atom stereocenters. The first-order valence-corrected chi connectivity index (χ1v) is 6.16. The van der Waals surface area contributed by atoms with Gasteiger partial charge in [-0.25, -0.2) is 5.48 Å². The summed E-state index contributed by atoms with van der Waals surface area (Å²) in [6, 6.07) is 7.27. The average molecular weight is 302 g/mol. The third kappa shape index (κ3) is 6.28. The van der Waals surface area contributed by atoms with E-state index in [0.29, 0.717) is 18.3 Å². The van der Waals surface area contributed by atoms with E-state index in [-0.39, 0.29) is 12.5 Å². The maximum absolute atomic E-state index is 11.3. The highest BCUT2D eigenvalue weighted by Crippen LogP contribution is 2.15. The summed E-state index contributed by atoms with van der Waals surface area (Å²) in [5.74, 6) is 0.725. The molecular weight excluding hydrogens is 286 g/mol. The summed E-state index contributed by atoms with van der Waals surface area (Å²) >= 11 is 3.32. The molecule has 0 aliphatic rings. The number of hydrogen-bond acceptors (Lipinski definition) is 3. The van der Waals surface area contributed by atoms with E-state index in [1.807, 2.05) is 26.0 Å². The lowest BCUT2D eigenvalue weighted by atomic mass is 10.2. The van der Waals surface area contributed by atoms with E-state index in [0.717, 1.165) is 4.47 Å². The Morgan fingerprint density at radius 2 is 2.00 bits per heavy atom. The molecule has 0 bridgehead atoms. The summed E-state index contributed by atoms with van der Waals surface area (Å²) in [6.07, 6.45) is 0. The van der Waals surface area contributed by atoms with E-state index in [4.69, 9.17) is 9.57 Å². The fourth-order valence-electron chi connectivity index (χ4n) is 0.998. The van der Waals surface area contributed by atoms with E-state index in [9.17, 15) is 4.79 Å². The van der Waals surface area contributed by atoms with Crippen molar-refractivity contribution in [2.45, 2.75) is 13.8 Å². The van der Waals surface area contributed by atoms with Gasteiger partial charge in [0.25, 0.3) is 5.91 Å². The van der Waals surface area contributed by atoms with Crippen LogP contribution in [0.3, 0.4) is 0 Å². The largest absolute Gasteiger partial charge is 0.484 e. The normalized spacial score (nSPS) is 10.4. The predicted octanol–water partition coefficient (Wildman–Crippen LogP) is 2.53. The Morgan fingerprint density at radius 3 is 2.59 bits per heavy atom. The zero-order valence-corrected chi connectivity index (χ0v) is 11.5. The summed E-state index contributed by atoms with van der Waals surface area (Å²) < 4.78 is 6.23. The van der Waals surface area contributed by atoms with Crippen molar-refractivity contribution in [3.8, 4) is 5.75 Å². The van der Waals surface area contributed by atoms with Crippen LogP contribution in [0.25, 0.3) is 0 Å². The van der Waals surface area contributed by atoms with Crippen LogP contribution in [0.4, 0.5) is 0 Å². The van der Waals surface area contributed by atoms with Gasteiger partial charge in [0.15, 0.2) is 6.61 Å². The number of amides is 1. The number of halogens is 1. The Morgan fingerprint density at radius 1 is 1.35 bits per heavy atom. The SMILES string of the molecule is CC(C)CONC(=O)COc1ccc(Br)cc1. The zero-order valence-electron chi connectivity index (χ0n) is 9.90. The number of carbonyl (C=O) groups is 1. The Hall–Kier alpha value is -1.07. The Labute approximate surface area is 109 Å². The van der Waals surface area contributed by atoms with Gasteiger partial charge in [0, 0.05) is 4.47 Å². The third-order valence-electron chi connectivity index (χ3n) is 1.79. The molecule has 0 unspecified atom stereocenters. The van der Waals surface area contributed by atoms with Gasteiger partial charge in [0.05, 0.1) is 6.61 Å². The summed E-state index contributed by atoms with van der Waals surface area (Å²) in [5.41, 5.74) is 2.32. The average Bonchev–Trinajstić information content (AvgIpc) is 2.28. The van der Waals surface area contributed by atoms with Crippen LogP contribution in [-0.2, 0) is 9.63 Å². The van der Waals surface area contributed by atoms with E-state index < -0.39 is 0 Å². The van der Waals surface area contributed by atoms with E-state index in [1.165, 1.54) is 0 Å². The molecule has 1 N–H and O–H groups in total. The molecule has 0 fully saturated rings. The van der Waals surface area contributed by atoms with Crippen molar-refractivity contribution in [1.29, 1.82) is 0 Å². The van der Waals surface area contributed by atoms with Crippen LogP contribution >= 0.6 is 15.9 Å². The van der Waals surface area contributed by atoms with E-state index in [2.05, 4.69) is 21.4 Å². The molecule has 1 rings (SSSR count). The lowest BCUT2D eigenvalue weighted by Gasteiger charge is -2.09. The minimum atomic E-state index is -0.298. The van der Waals surface area contributed by atoms with E-state index >= 15 is 0 Å². The topological polar surface area (TPSA) is 47.6 Å². The first kappa shape index (κ1) is 14.0. The van der Waals surface area contributed by atoms with Crippen LogP contribution in [0, 0.1) is 5.92 Å². The molecule has 0 saturated heterocycles. The Balaban J connectivity index is 2.21. The van der Waals surface area contributed by atoms with Gasteiger partial charge in [-0.1, -0.05) is 29.8 Å². The lowest BCUT2D eigenvalue weighted by Crippen LogP contribution is -2.30. The highest BCUT2D eigenvalue weighted by molar-refractivity contribution is 9.10. The number of rotatable bonds is 6. The van der Waals surface area contributed by atoms with Gasteiger partial charge < -0.3 is 4.74 Å². The molecule has 1 amide bonds. The fourth-order valence-corrected chi connectivity index (χ4v) is 1.26. The molecule has 0 aliphatic carbocycles. The van der Waals surface area contributed by atoms with Crippen molar-refractivity contribution in [3.05, 3.63) is 28.7 Å². The maximum atomic E-state index is 11.3. The summed E-state index contributed by atoms with van der Waals surface area (Å²) in [6.45, 7) is 4.44. The van der Waals surface area contributed by atoms with Crippen molar-refractivity contribution in [1.82, 2.24) is 5.48 Å². The van der Waals surface area contributed by atoms with Gasteiger partial charge in [0.1, 0.15) is 5.75 Å². The molecular formula is C12H16BrNO3. The van der Waals surface area contributed by atoms with Crippen LogP contribution in [0.1, 0.15) is 13.8 Å². The second-order valence-corrected chi connectivity index (χ2v) is 4.89. The minimum absolute atomic E-state index is 0.0558. The molecule has 0 spiro atoms. The summed E-state index contributed by atoms with van der Waals surface area (Å²) in [7, 11) is 0. The number of benzene rings is 1. The van der Waals surface area contributed by atoms with Crippen LogP contribution in [0.15, 0.2) is 28.7 Å². The van der Waals surface area contributed by atoms with Crippen molar-refractivity contribution in [3.63, 3.8) is 0 Å². The molecule has 0 aromatic heterocycles. The van der Waals surface area contributed by atoms with Crippen LogP contribution in [-0.4, -0.2) is 19.1 Å². The second kappa shape index (κ2) is 7.29. The number of hydroxylamine groups is 1. The molecule has 0 heterocycles. The second-order valence-electron chi connectivity index (χ2n) is 3.97. The molecule has 1 aromatic rings. The van der Waals surface area contributed by atoms with Gasteiger partial charge in [0.2, 0.25) is 0 Å². The smallest absolute Gasteiger partial charge is 0.281 e. The predicted molar refractivity (Wildman–Crippen MR) is 68.6 cm³/mol. The zero-order chi connectivity index (χ0) is 12.7. The lowest BCUT2D eigenvalue weighted by molar-refractivity contribution is -0.136. The molecule has 0 saturated carbocycles. The van der Waals surface area contributed by atoms with Gasteiger partial charge in [-0.2, -0.15) is 0 Å². The number of ether oxygens (including phenoxy) is 1. The van der Waals surface area contributed by atoms with Crippen LogP contribution in [0.5, 0.6) is 5.75 Å². The maximum Gasteiger partial charge on any atom is 0.281 e. The van der Waals surface area contributed by atoms with Crippen LogP contribution in [0.2, 0.25) is 0 Å². The molecule has 0 radical (unpaired) electrons. The minimum Gasteiger partial charge on any atom is -0.484 e. The number of carbonyl (C=O) groups excluding carboxylic acids is 1. The van der Waals surface area contributed by atoms with Crippen LogP contribution < -0.4 is 10.2 Å². The highest BCUT2D eigenvalue weighted by Gasteiger charge is 2.03. The highest BCUT2D eigenvalue weighted by atomic mass is 79.9. The van der Waals surface area contributed by atoms with E-state index in [1.54, 1.807) is 12.1 Å². The van der Waals surface area contributed by atoms with Gasteiger partial charge in [-0.05, 0) is 30.2 Å². The molecule has 17 heavy (non-hydrogen) atoms. The Bertz CT molecular complexity index is 351. The number of hydrogen-bond donors (Lipinski definition) is 1. The summed E-state index contributed by atoms with van der Waals surface area (Å²) in [5, 5.41) is 0. The van der Waals surface area contributed by atoms with Crippen molar-refractivity contribution in [2.75, 3.05) is 13.2 Å². The third-order valence-corrected chi connectivity index (χ3v) is 2.31. The monoisotopic (exact) mass is 301 g/mol. The van der Waals surface area contributed by atoms with Gasteiger partial charge in [-0.15, -0.1) is 0 Å². The van der Waals surface area contributed by atoms with Crippen molar-refractivity contribution in [2.24, 2.45) is 5.92 Å². The molecule has 1 aromatic carbocycles. The van der Waals surface area contributed by atoms with Gasteiger partial charge >= 0.3 is 0 Å². The molecule has 94 valence electrons. The first-order chi connectivity index (χ1) is 8.08. The molecule has 5 heteroatoms. The first-order valence-electron chi connectivity index (χ1n) is 5.37. The summed E-state index contributed by atoms with van der Waals surface area (Å²) in [4.78, 5) is 16.3.